The molecule has 0 heterocycles. The van der Waals surface area contributed by atoms with E-state index in [4.69, 9.17) is 0 Å². The molecule has 0 N–H and O–H groups in total. The predicted molar refractivity (Wildman–Crippen MR) is 76.1 cm³/mol. The average molecular weight is 341 g/mol. The summed E-state index contributed by atoms with van der Waals surface area (Å²) in [7, 11) is -1.50. The second-order valence-electron chi connectivity index (χ2n) is 3.82. The highest BCUT2D eigenvalue weighted by Crippen LogP contribution is 2.20. The van der Waals surface area contributed by atoms with Crippen molar-refractivity contribution in [3.8, 4) is 0 Å². The van der Waals surface area contributed by atoms with Crippen LogP contribution in [0.3, 0.4) is 0 Å². The molecule has 0 saturated carbocycles. The number of benzene rings is 2. The highest BCUT2D eigenvalue weighted by Gasteiger charge is 2.16. The van der Waals surface area contributed by atoms with Gasteiger partial charge >= 0.3 is 0 Å². The average Bonchev–Trinajstić information content (AvgIpc) is 2.39. The van der Waals surface area contributed by atoms with Crippen molar-refractivity contribution in [3.63, 3.8) is 0 Å². The van der Waals surface area contributed by atoms with Gasteiger partial charge < -0.3 is 0 Å². The molecule has 0 aliphatic rings. The van der Waals surface area contributed by atoms with Gasteiger partial charge in [-0.2, -0.15) is 0 Å². The van der Waals surface area contributed by atoms with Crippen LogP contribution < -0.4 is 0 Å². The fourth-order valence-corrected chi connectivity index (χ4v) is 3.48. The summed E-state index contributed by atoms with van der Waals surface area (Å²) in [6, 6.07) is 12.7. The van der Waals surface area contributed by atoms with Crippen LogP contribution in [0.25, 0.3) is 0 Å². The van der Waals surface area contributed by atoms with E-state index in [1.54, 1.807) is 30.3 Å². The molecule has 0 aliphatic heterocycles. The topological polar surface area (TPSA) is 34.1 Å². The SMILES string of the molecule is O=C(CS(=O)c1ccccc1Br)c1ccccc1F. The summed E-state index contributed by atoms with van der Waals surface area (Å²) in [4.78, 5) is 12.4. The minimum atomic E-state index is -1.50. The van der Waals surface area contributed by atoms with E-state index in [-0.39, 0.29) is 11.3 Å². The summed E-state index contributed by atoms with van der Waals surface area (Å²) in [5, 5.41) is 0. The van der Waals surface area contributed by atoms with E-state index >= 15 is 0 Å². The second kappa shape index (κ2) is 6.21. The van der Waals surface area contributed by atoms with Crippen molar-refractivity contribution in [1.29, 1.82) is 0 Å². The zero-order chi connectivity index (χ0) is 13.8. The minimum Gasteiger partial charge on any atom is -0.293 e. The van der Waals surface area contributed by atoms with E-state index in [2.05, 4.69) is 15.9 Å². The van der Waals surface area contributed by atoms with E-state index in [1.165, 1.54) is 18.2 Å². The van der Waals surface area contributed by atoms with Gasteiger partial charge in [-0.3, -0.25) is 9.00 Å². The summed E-state index contributed by atoms with van der Waals surface area (Å²) in [5.74, 6) is -1.28. The summed E-state index contributed by atoms with van der Waals surface area (Å²) in [5.41, 5.74) is -0.0251. The Bertz CT molecular complexity index is 587. The predicted octanol–water partition coefficient (Wildman–Crippen LogP) is 3.58. The molecule has 19 heavy (non-hydrogen) atoms. The zero-order valence-corrected chi connectivity index (χ0v) is 12.2. The van der Waals surface area contributed by atoms with Gasteiger partial charge in [-0.1, -0.05) is 24.3 Å². The van der Waals surface area contributed by atoms with E-state index in [0.29, 0.717) is 9.37 Å². The Hall–Kier alpha value is -1.33. The van der Waals surface area contributed by atoms with Crippen molar-refractivity contribution in [2.45, 2.75) is 4.90 Å². The third-order valence-corrected chi connectivity index (χ3v) is 4.84. The summed E-state index contributed by atoms with van der Waals surface area (Å²) < 4.78 is 26.2. The summed E-state index contributed by atoms with van der Waals surface area (Å²) in [6.45, 7) is 0. The quantitative estimate of drug-likeness (QED) is 0.797. The summed E-state index contributed by atoms with van der Waals surface area (Å²) in [6.07, 6.45) is 0. The standard InChI is InChI=1S/C14H10BrFO2S/c15-11-6-2-4-8-14(11)19(18)9-13(17)10-5-1-3-7-12(10)16/h1-8H,9H2. The fraction of sp³-hybridized carbons (Fsp3) is 0.0714. The zero-order valence-electron chi connectivity index (χ0n) is 9.81. The molecule has 2 aromatic carbocycles. The highest BCUT2D eigenvalue weighted by molar-refractivity contribution is 9.10. The first kappa shape index (κ1) is 14.1. The first-order chi connectivity index (χ1) is 9.09. The molecule has 0 aliphatic carbocycles. The van der Waals surface area contributed by atoms with Crippen LogP contribution in [0.1, 0.15) is 10.4 Å². The van der Waals surface area contributed by atoms with Gasteiger partial charge in [0.25, 0.3) is 0 Å². The van der Waals surface area contributed by atoms with Crippen molar-refractivity contribution in [2.75, 3.05) is 5.75 Å². The minimum absolute atomic E-state index is 0.0251. The second-order valence-corrected chi connectivity index (χ2v) is 6.10. The van der Waals surface area contributed by atoms with Gasteiger partial charge in [0.1, 0.15) is 5.82 Å². The van der Waals surface area contributed by atoms with Crippen LogP contribution in [-0.2, 0) is 10.8 Å². The van der Waals surface area contributed by atoms with Gasteiger partial charge in [-0.25, -0.2) is 4.39 Å². The molecule has 2 rings (SSSR count). The molecule has 0 spiro atoms. The lowest BCUT2D eigenvalue weighted by Gasteiger charge is -2.05. The largest absolute Gasteiger partial charge is 0.293 e. The Morgan fingerprint density at radius 3 is 2.42 bits per heavy atom. The molecule has 1 unspecified atom stereocenters. The number of Topliss-reactive ketones (excluding diaryl/α,β-unsaturated/α-hetero) is 1. The molecule has 0 fully saturated rings. The van der Waals surface area contributed by atoms with Gasteiger partial charge in [0, 0.05) is 4.47 Å². The molecule has 5 heteroatoms. The van der Waals surface area contributed by atoms with E-state index in [1.807, 2.05) is 0 Å². The van der Waals surface area contributed by atoms with Crippen molar-refractivity contribution >= 4 is 32.5 Å². The molecule has 0 bridgehead atoms. The van der Waals surface area contributed by atoms with Gasteiger partial charge in [0.2, 0.25) is 0 Å². The first-order valence-electron chi connectivity index (χ1n) is 5.50. The van der Waals surface area contributed by atoms with Gasteiger partial charge in [-0.05, 0) is 40.2 Å². The van der Waals surface area contributed by atoms with Crippen LogP contribution >= 0.6 is 15.9 Å². The molecule has 0 amide bonds. The molecule has 0 radical (unpaired) electrons. The van der Waals surface area contributed by atoms with E-state index in [9.17, 15) is 13.4 Å². The number of hydrogen-bond acceptors (Lipinski definition) is 2. The van der Waals surface area contributed by atoms with Crippen LogP contribution in [0.5, 0.6) is 0 Å². The number of carbonyl (C=O) groups is 1. The lowest BCUT2D eigenvalue weighted by atomic mass is 10.1. The molecule has 0 aromatic heterocycles. The number of halogens is 2. The van der Waals surface area contributed by atoms with Gasteiger partial charge in [0.15, 0.2) is 5.78 Å². The maximum atomic E-state index is 13.4. The van der Waals surface area contributed by atoms with Crippen molar-refractivity contribution in [3.05, 3.63) is 64.4 Å². The maximum Gasteiger partial charge on any atom is 0.178 e. The summed E-state index contributed by atoms with van der Waals surface area (Å²) >= 11 is 3.28. The van der Waals surface area contributed by atoms with E-state index in [0.717, 1.165) is 0 Å². The van der Waals surface area contributed by atoms with Crippen LogP contribution in [0, 0.1) is 5.82 Å². The molecular weight excluding hydrogens is 331 g/mol. The molecule has 98 valence electrons. The van der Waals surface area contributed by atoms with E-state index < -0.39 is 22.4 Å². The Kier molecular flexibility index (Phi) is 4.61. The lowest BCUT2D eigenvalue weighted by molar-refractivity contribution is 0.101. The number of carbonyl (C=O) groups excluding carboxylic acids is 1. The Morgan fingerprint density at radius 1 is 1.11 bits per heavy atom. The molecule has 2 aromatic rings. The smallest absolute Gasteiger partial charge is 0.178 e. The van der Waals surface area contributed by atoms with Gasteiger partial charge in [-0.15, -0.1) is 0 Å². The third kappa shape index (κ3) is 3.36. The highest BCUT2D eigenvalue weighted by atomic mass is 79.9. The van der Waals surface area contributed by atoms with Crippen LogP contribution in [0.15, 0.2) is 57.9 Å². The van der Waals surface area contributed by atoms with Crippen LogP contribution in [0.4, 0.5) is 4.39 Å². The normalized spacial score (nSPS) is 12.1. The maximum absolute atomic E-state index is 13.4. The number of rotatable bonds is 4. The van der Waals surface area contributed by atoms with Crippen LogP contribution in [-0.4, -0.2) is 15.7 Å². The molecule has 1 atom stereocenters. The van der Waals surface area contributed by atoms with Crippen molar-refractivity contribution in [2.24, 2.45) is 0 Å². The molecule has 0 saturated heterocycles. The lowest BCUT2D eigenvalue weighted by Crippen LogP contribution is -2.13. The monoisotopic (exact) mass is 340 g/mol. The Balaban J connectivity index is 2.19. The van der Waals surface area contributed by atoms with Crippen LogP contribution in [0.2, 0.25) is 0 Å². The Morgan fingerprint density at radius 2 is 1.74 bits per heavy atom. The fourth-order valence-electron chi connectivity index (χ4n) is 1.59. The van der Waals surface area contributed by atoms with Crippen molar-refractivity contribution in [1.82, 2.24) is 0 Å². The van der Waals surface area contributed by atoms with Crippen molar-refractivity contribution < 1.29 is 13.4 Å². The number of hydrogen-bond donors (Lipinski definition) is 0. The Labute approximate surface area is 121 Å². The molecular formula is C14H10BrFO2S. The van der Waals surface area contributed by atoms with Gasteiger partial charge in [0.05, 0.1) is 27.0 Å². The third-order valence-electron chi connectivity index (χ3n) is 2.52. The first-order valence-corrected chi connectivity index (χ1v) is 7.61. The molecule has 2 nitrogen and oxygen atoms in total. The number of ketones is 1.